The van der Waals surface area contributed by atoms with Crippen LogP contribution in [0.1, 0.15) is 31.2 Å². The van der Waals surface area contributed by atoms with Crippen molar-refractivity contribution in [1.82, 2.24) is 4.31 Å². The molecule has 6 nitrogen and oxygen atoms in total. The van der Waals surface area contributed by atoms with Crippen molar-refractivity contribution >= 4 is 21.6 Å². The van der Waals surface area contributed by atoms with Gasteiger partial charge < -0.3 is 10.1 Å². The van der Waals surface area contributed by atoms with Crippen LogP contribution in [0.4, 0.5) is 10.1 Å². The molecule has 1 saturated heterocycles. The summed E-state index contributed by atoms with van der Waals surface area (Å²) in [6.07, 6.45) is 3.77. The van der Waals surface area contributed by atoms with Gasteiger partial charge in [-0.25, -0.2) is 12.8 Å². The Morgan fingerprint density at radius 3 is 2.52 bits per heavy atom. The second-order valence-corrected chi connectivity index (χ2v) is 9.00. The quantitative estimate of drug-likeness (QED) is 0.773. The van der Waals surface area contributed by atoms with Crippen molar-refractivity contribution in [1.29, 1.82) is 0 Å². The molecule has 2 aromatic carbocycles. The second kappa shape index (κ2) is 9.37. The number of ether oxygens (including phenoxy) is 1. The van der Waals surface area contributed by atoms with Crippen LogP contribution in [0.3, 0.4) is 0 Å². The van der Waals surface area contributed by atoms with Crippen LogP contribution in [0.15, 0.2) is 47.4 Å². The number of carbonyl (C=O) groups excluding carboxylic acids is 1. The number of nitrogens with one attached hydrogen (secondary N) is 1. The minimum Gasteiger partial charge on any atom is -0.484 e. The maximum absolute atomic E-state index is 13.2. The van der Waals surface area contributed by atoms with Gasteiger partial charge in [0.2, 0.25) is 10.0 Å². The number of carbonyl (C=O) groups is 1. The molecule has 0 aliphatic carbocycles. The standard InChI is InChI=1S/C21H25FN2O4S/c1-16-9-10-18(23-21(25)15-28-19-8-6-7-17(22)13-19)14-20(16)29(26,27)24-11-4-2-3-5-12-24/h6-10,13-14H,2-5,11-12,15H2,1H3,(H,23,25). The van der Waals surface area contributed by atoms with Crippen molar-refractivity contribution in [3.05, 3.63) is 53.8 Å². The van der Waals surface area contributed by atoms with Crippen LogP contribution in [0.25, 0.3) is 0 Å². The summed E-state index contributed by atoms with van der Waals surface area (Å²) in [5, 5.41) is 2.64. The van der Waals surface area contributed by atoms with Gasteiger partial charge in [-0.1, -0.05) is 25.0 Å². The number of hydrogen-bond donors (Lipinski definition) is 1. The third-order valence-corrected chi connectivity index (χ3v) is 6.86. The summed E-state index contributed by atoms with van der Waals surface area (Å²) in [5.74, 6) is -0.672. The van der Waals surface area contributed by atoms with Gasteiger partial charge in [0, 0.05) is 24.8 Å². The fourth-order valence-electron chi connectivity index (χ4n) is 3.28. The number of aryl methyl sites for hydroxylation is 1. The molecule has 1 N–H and O–H groups in total. The van der Waals surface area contributed by atoms with E-state index in [1.807, 2.05) is 0 Å². The number of amides is 1. The molecule has 8 heteroatoms. The van der Waals surface area contributed by atoms with E-state index in [1.54, 1.807) is 25.1 Å². The Hall–Kier alpha value is -2.45. The first-order chi connectivity index (χ1) is 13.9. The van der Waals surface area contributed by atoms with E-state index in [9.17, 15) is 17.6 Å². The molecule has 0 unspecified atom stereocenters. The van der Waals surface area contributed by atoms with Crippen LogP contribution < -0.4 is 10.1 Å². The van der Waals surface area contributed by atoms with E-state index in [0.29, 0.717) is 24.3 Å². The van der Waals surface area contributed by atoms with Gasteiger partial charge in [-0.2, -0.15) is 4.31 Å². The SMILES string of the molecule is Cc1ccc(NC(=O)COc2cccc(F)c2)cc1S(=O)(=O)N1CCCCCC1. The molecule has 1 fully saturated rings. The molecule has 0 aromatic heterocycles. The van der Waals surface area contributed by atoms with Crippen LogP contribution in [-0.2, 0) is 14.8 Å². The van der Waals surface area contributed by atoms with Gasteiger partial charge in [0.15, 0.2) is 6.61 Å². The van der Waals surface area contributed by atoms with E-state index in [4.69, 9.17) is 4.74 Å². The minimum atomic E-state index is -3.63. The first-order valence-electron chi connectivity index (χ1n) is 9.65. The van der Waals surface area contributed by atoms with Crippen LogP contribution >= 0.6 is 0 Å². The number of rotatable bonds is 6. The van der Waals surface area contributed by atoms with Crippen molar-refractivity contribution in [2.75, 3.05) is 25.0 Å². The molecule has 0 atom stereocenters. The monoisotopic (exact) mass is 420 g/mol. The summed E-state index contributed by atoms with van der Waals surface area (Å²) in [5.41, 5.74) is 1.00. The zero-order chi connectivity index (χ0) is 20.9. The van der Waals surface area contributed by atoms with Crippen LogP contribution in [0, 0.1) is 12.7 Å². The van der Waals surface area contributed by atoms with E-state index in [0.717, 1.165) is 25.7 Å². The molecule has 2 aromatic rings. The normalized spacial score (nSPS) is 15.5. The van der Waals surface area contributed by atoms with E-state index >= 15 is 0 Å². The number of hydrogen-bond acceptors (Lipinski definition) is 4. The van der Waals surface area contributed by atoms with E-state index in [1.165, 1.54) is 28.6 Å². The van der Waals surface area contributed by atoms with E-state index < -0.39 is 21.7 Å². The molecule has 1 amide bonds. The summed E-state index contributed by atoms with van der Waals surface area (Å²) in [6.45, 7) is 2.45. The summed E-state index contributed by atoms with van der Waals surface area (Å²) in [6, 6.07) is 10.3. The minimum absolute atomic E-state index is 0.197. The Kier molecular flexibility index (Phi) is 6.87. The summed E-state index contributed by atoms with van der Waals surface area (Å²) in [7, 11) is -3.63. The third-order valence-electron chi connectivity index (χ3n) is 4.82. The van der Waals surface area contributed by atoms with Gasteiger partial charge in [0.1, 0.15) is 11.6 Å². The lowest BCUT2D eigenvalue weighted by molar-refractivity contribution is -0.118. The van der Waals surface area contributed by atoms with Gasteiger partial charge in [0.25, 0.3) is 5.91 Å². The van der Waals surface area contributed by atoms with E-state index in [2.05, 4.69) is 5.32 Å². The van der Waals surface area contributed by atoms with Gasteiger partial charge in [0.05, 0.1) is 4.90 Å². The zero-order valence-corrected chi connectivity index (χ0v) is 17.2. The molecule has 3 rings (SSSR count). The number of halogens is 1. The highest BCUT2D eigenvalue weighted by Gasteiger charge is 2.27. The maximum Gasteiger partial charge on any atom is 0.262 e. The predicted octanol–water partition coefficient (Wildman–Crippen LogP) is 3.72. The average Bonchev–Trinajstić information content (AvgIpc) is 2.98. The maximum atomic E-state index is 13.2. The highest BCUT2D eigenvalue weighted by molar-refractivity contribution is 7.89. The topological polar surface area (TPSA) is 75.7 Å². The van der Waals surface area contributed by atoms with Gasteiger partial charge in [-0.15, -0.1) is 0 Å². The Labute approximate surface area is 170 Å². The molecular weight excluding hydrogens is 395 g/mol. The van der Waals surface area contributed by atoms with Crippen molar-refractivity contribution in [2.24, 2.45) is 0 Å². The molecule has 1 aliphatic heterocycles. The van der Waals surface area contributed by atoms with Crippen LogP contribution in [-0.4, -0.2) is 38.3 Å². The molecule has 1 aliphatic rings. The first kappa shape index (κ1) is 21.3. The molecule has 29 heavy (non-hydrogen) atoms. The number of nitrogens with zero attached hydrogens (tertiary/aromatic N) is 1. The Morgan fingerprint density at radius 1 is 1.10 bits per heavy atom. The second-order valence-electron chi connectivity index (χ2n) is 7.09. The Balaban J connectivity index is 1.70. The fraction of sp³-hybridized carbons (Fsp3) is 0.381. The lowest BCUT2D eigenvalue weighted by Gasteiger charge is -2.21. The average molecular weight is 421 g/mol. The fourth-order valence-corrected chi connectivity index (χ4v) is 5.05. The number of sulfonamides is 1. The Morgan fingerprint density at radius 2 is 1.83 bits per heavy atom. The van der Waals surface area contributed by atoms with Crippen LogP contribution in [0.5, 0.6) is 5.75 Å². The first-order valence-corrected chi connectivity index (χ1v) is 11.1. The summed E-state index contributed by atoms with van der Waals surface area (Å²) in [4.78, 5) is 12.4. The van der Waals surface area contributed by atoms with Crippen LogP contribution in [0.2, 0.25) is 0 Å². The number of benzene rings is 2. The van der Waals surface area contributed by atoms with Gasteiger partial charge in [-0.05, 0) is 49.6 Å². The smallest absolute Gasteiger partial charge is 0.262 e. The zero-order valence-electron chi connectivity index (χ0n) is 16.4. The van der Waals surface area contributed by atoms with Crippen molar-refractivity contribution < 1.29 is 22.3 Å². The van der Waals surface area contributed by atoms with Crippen molar-refractivity contribution in [3.63, 3.8) is 0 Å². The third kappa shape index (κ3) is 5.55. The van der Waals surface area contributed by atoms with Crippen molar-refractivity contribution in [2.45, 2.75) is 37.5 Å². The summed E-state index contributed by atoms with van der Waals surface area (Å²) >= 11 is 0. The largest absolute Gasteiger partial charge is 0.484 e. The molecule has 0 bridgehead atoms. The predicted molar refractivity (Wildman–Crippen MR) is 109 cm³/mol. The lowest BCUT2D eigenvalue weighted by atomic mass is 10.2. The molecule has 1 heterocycles. The molecular formula is C21H25FN2O4S. The van der Waals surface area contributed by atoms with E-state index in [-0.39, 0.29) is 17.3 Å². The molecule has 156 valence electrons. The van der Waals surface area contributed by atoms with Gasteiger partial charge >= 0.3 is 0 Å². The molecule has 0 saturated carbocycles. The number of anilines is 1. The highest BCUT2D eigenvalue weighted by atomic mass is 32.2. The lowest BCUT2D eigenvalue weighted by Crippen LogP contribution is -2.32. The van der Waals surface area contributed by atoms with Gasteiger partial charge in [-0.3, -0.25) is 4.79 Å². The summed E-state index contributed by atoms with van der Waals surface area (Å²) < 4.78 is 46.2. The molecule has 0 radical (unpaired) electrons. The van der Waals surface area contributed by atoms with Crippen molar-refractivity contribution in [3.8, 4) is 5.75 Å². The Bertz CT molecular complexity index is 970. The molecule has 0 spiro atoms. The highest BCUT2D eigenvalue weighted by Crippen LogP contribution is 2.26.